The van der Waals surface area contributed by atoms with Crippen molar-refractivity contribution >= 4 is 63.7 Å². The first-order valence-electron chi connectivity index (χ1n) is 9.08. The molecule has 0 aliphatic heterocycles. The largest absolute Gasteiger partial charge is 0.490 e. The third kappa shape index (κ3) is 6.03. The molecule has 8 heteroatoms. The van der Waals surface area contributed by atoms with Gasteiger partial charge in [-0.1, -0.05) is 64.1 Å². The lowest BCUT2D eigenvalue weighted by atomic mass is 10.2. The second-order valence-corrected chi connectivity index (χ2v) is 8.42. The first-order chi connectivity index (χ1) is 14.4. The van der Waals surface area contributed by atoms with E-state index in [1.54, 1.807) is 42.5 Å². The maximum Gasteiger partial charge on any atom is 0.163 e. The van der Waals surface area contributed by atoms with Gasteiger partial charge in [-0.05, 0) is 48.9 Å². The van der Waals surface area contributed by atoms with Crippen LogP contribution in [-0.2, 0) is 13.2 Å². The highest BCUT2D eigenvalue weighted by atomic mass is 35.5. The maximum atomic E-state index is 6.49. The molecule has 0 atom stereocenters. The minimum Gasteiger partial charge on any atom is -0.490 e. The Kier molecular flexibility index (Phi) is 8.27. The van der Waals surface area contributed by atoms with Gasteiger partial charge in [0.2, 0.25) is 0 Å². The Hall–Kier alpha value is -1.49. The van der Waals surface area contributed by atoms with Gasteiger partial charge < -0.3 is 14.8 Å². The van der Waals surface area contributed by atoms with Crippen molar-refractivity contribution in [1.29, 1.82) is 0 Å². The predicted molar refractivity (Wildman–Crippen MR) is 127 cm³/mol. The Labute approximate surface area is 200 Å². The summed E-state index contributed by atoms with van der Waals surface area (Å²) < 4.78 is 11.7. The Morgan fingerprint density at radius 2 is 1.40 bits per heavy atom. The van der Waals surface area contributed by atoms with Crippen molar-refractivity contribution in [3.05, 3.63) is 84.8 Å². The maximum absolute atomic E-state index is 6.49. The van der Waals surface area contributed by atoms with Crippen LogP contribution < -0.4 is 14.8 Å². The fourth-order valence-electron chi connectivity index (χ4n) is 2.77. The normalized spacial score (nSPS) is 10.7. The summed E-state index contributed by atoms with van der Waals surface area (Å²) in [6.45, 7) is 3.01. The number of hydrogen-bond acceptors (Lipinski definition) is 3. The lowest BCUT2D eigenvalue weighted by Gasteiger charge is -2.16. The van der Waals surface area contributed by atoms with E-state index < -0.39 is 0 Å². The van der Waals surface area contributed by atoms with Gasteiger partial charge in [0.05, 0.1) is 6.61 Å². The van der Waals surface area contributed by atoms with Crippen LogP contribution in [0.4, 0.5) is 5.69 Å². The number of benzene rings is 3. The van der Waals surface area contributed by atoms with Crippen LogP contribution in [0.1, 0.15) is 18.1 Å². The van der Waals surface area contributed by atoms with Gasteiger partial charge in [-0.3, -0.25) is 0 Å². The number of ether oxygens (including phenoxy) is 2. The van der Waals surface area contributed by atoms with Crippen molar-refractivity contribution in [2.45, 2.75) is 20.1 Å². The van der Waals surface area contributed by atoms with Crippen molar-refractivity contribution in [3.63, 3.8) is 0 Å². The summed E-state index contributed by atoms with van der Waals surface area (Å²) in [7, 11) is 0. The van der Waals surface area contributed by atoms with Crippen molar-refractivity contribution in [2.24, 2.45) is 0 Å². The lowest BCUT2D eigenvalue weighted by molar-refractivity contribution is 0.269. The third-order valence-corrected chi connectivity index (χ3v) is 5.69. The van der Waals surface area contributed by atoms with Crippen LogP contribution in [0.5, 0.6) is 11.5 Å². The number of rotatable bonds is 8. The molecule has 0 aliphatic rings. The van der Waals surface area contributed by atoms with Gasteiger partial charge in [0.1, 0.15) is 6.61 Å². The van der Waals surface area contributed by atoms with Gasteiger partial charge in [0.25, 0.3) is 0 Å². The van der Waals surface area contributed by atoms with Crippen LogP contribution in [0, 0.1) is 0 Å². The minimum atomic E-state index is 0.188. The average molecular weight is 506 g/mol. The molecule has 3 nitrogen and oxygen atoms in total. The number of hydrogen-bond donors (Lipinski definition) is 1. The van der Waals surface area contributed by atoms with E-state index in [9.17, 15) is 0 Å². The van der Waals surface area contributed by atoms with Gasteiger partial charge in [0, 0.05) is 49.0 Å². The molecule has 0 spiro atoms. The molecule has 0 saturated carbocycles. The van der Waals surface area contributed by atoms with E-state index in [2.05, 4.69) is 5.32 Å². The Morgan fingerprint density at radius 3 is 2.03 bits per heavy atom. The van der Waals surface area contributed by atoms with E-state index in [4.69, 9.17) is 67.5 Å². The summed E-state index contributed by atoms with van der Waals surface area (Å²) in [5.74, 6) is 1.08. The van der Waals surface area contributed by atoms with Gasteiger partial charge in [0.15, 0.2) is 11.5 Å². The zero-order valence-electron chi connectivity index (χ0n) is 15.9. The molecular formula is C22H18Cl5NO2. The van der Waals surface area contributed by atoms with Crippen LogP contribution in [0.15, 0.2) is 48.5 Å². The molecule has 0 aromatic heterocycles. The fourth-order valence-corrected chi connectivity index (χ4v) is 4.02. The molecule has 30 heavy (non-hydrogen) atoms. The molecule has 158 valence electrons. The van der Waals surface area contributed by atoms with E-state index in [-0.39, 0.29) is 6.61 Å². The van der Waals surface area contributed by atoms with Crippen LogP contribution >= 0.6 is 58.0 Å². The van der Waals surface area contributed by atoms with E-state index in [1.807, 2.05) is 13.0 Å². The summed E-state index contributed by atoms with van der Waals surface area (Å²) >= 11 is 31.1. The summed E-state index contributed by atoms with van der Waals surface area (Å²) in [4.78, 5) is 0. The molecule has 3 rings (SSSR count). The minimum absolute atomic E-state index is 0.188. The molecule has 0 aliphatic carbocycles. The first kappa shape index (κ1) is 23.2. The summed E-state index contributed by atoms with van der Waals surface area (Å²) in [5.41, 5.74) is 2.32. The summed E-state index contributed by atoms with van der Waals surface area (Å²) in [6, 6.07) is 14.1. The van der Waals surface area contributed by atoms with Crippen molar-refractivity contribution < 1.29 is 9.47 Å². The molecule has 0 unspecified atom stereocenters. The SMILES string of the molecule is CCOc1cc(CNc2cc(Cl)cc(Cl)c2)c(Cl)cc1OCc1c(Cl)cccc1Cl. The molecule has 1 N–H and O–H groups in total. The molecule has 0 saturated heterocycles. The number of halogens is 5. The molecule has 3 aromatic carbocycles. The standard InChI is InChI=1S/C22H18Cl5NO2/c1-2-29-21-6-13(11-28-16-8-14(23)7-15(24)9-16)20(27)10-22(21)30-12-17-18(25)4-3-5-19(17)26/h3-10,28H,2,11-12H2,1H3. The smallest absolute Gasteiger partial charge is 0.163 e. The topological polar surface area (TPSA) is 30.5 Å². The van der Waals surface area contributed by atoms with Gasteiger partial charge >= 0.3 is 0 Å². The van der Waals surface area contributed by atoms with Gasteiger partial charge in [-0.2, -0.15) is 0 Å². The lowest BCUT2D eigenvalue weighted by Crippen LogP contribution is -2.04. The Morgan fingerprint density at radius 1 is 0.767 bits per heavy atom. The van der Waals surface area contributed by atoms with E-state index in [0.717, 1.165) is 11.3 Å². The summed E-state index contributed by atoms with van der Waals surface area (Å²) in [5, 5.41) is 5.96. The first-order valence-corrected chi connectivity index (χ1v) is 11.0. The average Bonchev–Trinajstić information content (AvgIpc) is 2.67. The molecule has 0 bridgehead atoms. The Bertz CT molecular complexity index is 1000. The monoisotopic (exact) mass is 503 g/mol. The second kappa shape index (κ2) is 10.7. The highest BCUT2D eigenvalue weighted by molar-refractivity contribution is 6.36. The zero-order chi connectivity index (χ0) is 21.7. The van der Waals surface area contributed by atoms with Crippen molar-refractivity contribution in [1.82, 2.24) is 0 Å². The number of anilines is 1. The van der Waals surface area contributed by atoms with Crippen LogP contribution in [-0.4, -0.2) is 6.61 Å². The fraction of sp³-hybridized carbons (Fsp3) is 0.182. The molecular weight excluding hydrogens is 488 g/mol. The van der Waals surface area contributed by atoms with Crippen LogP contribution in [0.3, 0.4) is 0 Å². The van der Waals surface area contributed by atoms with Crippen LogP contribution in [0.2, 0.25) is 25.1 Å². The predicted octanol–water partition coefficient (Wildman–Crippen LogP) is 8.54. The molecule has 3 aromatic rings. The van der Waals surface area contributed by atoms with Crippen molar-refractivity contribution in [2.75, 3.05) is 11.9 Å². The molecule has 0 fully saturated rings. The zero-order valence-corrected chi connectivity index (χ0v) is 19.7. The van der Waals surface area contributed by atoms with E-state index in [0.29, 0.717) is 55.3 Å². The van der Waals surface area contributed by atoms with E-state index >= 15 is 0 Å². The molecule has 0 amide bonds. The van der Waals surface area contributed by atoms with E-state index in [1.165, 1.54) is 0 Å². The highest BCUT2D eigenvalue weighted by Crippen LogP contribution is 2.36. The third-order valence-electron chi connectivity index (χ3n) is 4.19. The summed E-state index contributed by atoms with van der Waals surface area (Å²) in [6.07, 6.45) is 0. The van der Waals surface area contributed by atoms with Crippen LogP contribution in [0.25, 0.3) is 0 Å². The van der Waals surface area contributed by atoms with Gasteiger partial charge in [-0.25, -0.2) is 0 Å². The molecule has 0 radical (unpaired) electrons. The highest BCUT2D eigenvalue weighted by Gasteiger charge is 2.14. The van der Waals surface area contributed by atoms with Crippen molar-refractivity contribution in [3.8, 4) is 11.5 Å². The number of nitrogens with one attached hydrogen (secondary N) is 1. The molecule has 0 heterocycles. The van der Waals surface area contributed by atoms with Gasteiger partial charge in [-0.15, -0.1) is 0 Å². The Balaban J connectivity index is 1.79. The quantitative estimate of drug-likeness (QED) is 0.333. The second-order valence-electron chi connectivity index (χ2n) is 6.32.